The van der Waals surface area contributed by atoms with Gasteiger partial charge in [-0.15, -0.1) is 0 Å². The predicted octanol–water partition coefficient (Wildman–Crippen LogP) is -0.131. The van der Waals surface area contributed by atoms with Crippen molar-refractivity contribution in [2.75, 3.05) is 12.8 Å². The lowest BCUT2D eigenvalue weighted by molar-refractivity contribution is 0.0998. The first kappa shape index (κ1) is 10.3. The van der Waals surface area contributed by atoms with Crippen molar-refractivity contribution in [3.63, 3.8) is 0 Å². The molecule has 1 rings (SSSR count). The number of aliphatic hydroxyl groups is 1. The monoisotopic (exact) mass is 196 g/mol. The Kier molecular flexibility index (Phi) is 2.93. The van der Waals surface area contributed by atoms with Gasteiger partial charge in [0.1, 0.15) is 11.3 Å². The highest BCUT2D eigenvalue weighted by Crippen LogP contribution is 2.26. The second-order valence-electron chi connectivity index (χ2n) is 2.78. The molecule has 1 aromatic carbocycles. The van der Waals surface area contributed by atoms with Crippen molar-refractivity contribution in [3.8, 4) is 5.75 Å². The Morgan fingerprint density at radius 3 is 2.64 bits per heavy atom. The molecule has 5 nitrogen and oxygen atoms in total. The number of nitrogens with two attached hydrogens (primary N) is 2. The summed E-state index contributed by atoms with van der Waals surface area (Å²) in [5.41, 5.74) is 11.6. The second-order valence-corrected chi connectivity index (χ2v) is 2.78. The third-order valence-corrected chi connectivity index (χ3v) is 1.84. The molecule has 0 saturated heterocycles. The molecule has 14 heavy (non-hydrogen) atoms. The van der Waals surface area contributed by atoms with Crippen LogP contribution in [0.4, 0.5) is 5.69 Å². The van der Waals surface area contributed by atoms with Gasteiger partial charge in [0.2, 0.25) is 0 Å². The van der Waals surface area contributed by atoms with Gasteiger partial charge in [-0.05, 0) is 17.7 Å². The topological polar surface area (TPSA) is 98.6 Å². The molecule has 0 heterocycles. The molecular weight excluding hydrogens is 184 g/mol. The van der Waals surface area contributed by atoms with Crippen LogP contribution >= 0.6 is 0 Å². The maximum absolute atomic E-state index is 11.0. The summed E-state index contributed by atoms with van der Waals surface area (Å²) in [6.45, 7) is -0.167. The fourth-order valence-corrected chi connectivity index (χ4v) is 1.21. The first-order valence-corrected chi connectivity index (χ1v) is 3.97. The minimum absolute atomic E-state index is 0.143. The third kappa shape index (κ3) is 1.77. The molecule has 5 heteroatoms. The lowest BCUT2D eigenvalue weighted by Gasteiger charge is -2.10. The van der Waals surface area contributed by atoms with Crippen LogP contribution in [0.3, 0.4) is 0 Å². The van der Waals surface area contributed by atoms with Crippen molar-refractivity contribution in [3.05, 3.63) is 23.3 Å². The van der Waals surface area contributed by atoms with Crippen molar-refractivity contribution < 1.29 is 14.6 Å². The van der Waals surface area contributed by atoms with Crippen LogP contribution < -0.4 is 16.2 Å². The molecule has 0 saturated carbocycles. The van der Waals surface area contributed by atoms with Crippen LogP contribution in [0.15, 0.2) is 12.1 Å². The SMILES string of the molecule is COc1cc(CO)cc(N)c1C(N)=O. The number of hydrogen-bond donors (Lipinski definition) is 3. The summed E-state index contributed by atoms with van der Waals surface area (Å²) in [5, 5.41) is 8.88. The number of hydrogen-bond acceptors (Lipinski definition) is 4. The van der Waals surface area contributed by atoms with E-state index in [1.165, 1.54) is 19.2 Å². The fraction of sp³-hybridized carbons (Fsp3) is 0.222. The van der Waals surface area contributed by atoms with Crippen molar-refractivity contribution in [2.24, 2.45) is 5.73 Å². The van der Waals surface area contributed by atoms with E-state index in [0.29, 0.717) is 5.56 Å². The van der Waals surface area contributed by atoms with Crippen LogP contribution in [-0.2, 0) is 6.61 Å². The number of amides is 1. The molecule has 76 valence electrons. The molecule has 5 N–H and O–H groups in total. The van der Waals surface area contributed by atoms with Gasteiger partial charge in [-0.25, -0.2) is 0 Å². The normalized spacial score (nSPS) is 9.86. The van der Waals surface area contributed by atoms with E-state index < -0.39 is 5.91 Å². The second kappa shape index (κ2) is 3.97. The third-order valence-electron chi connectivity index (χ3n) is 1.84. The molecule has 0 unspecified atom stereocenters. The van der Waals surface area contributed by atoms with E-state index in [1.807, 2.05) is 0 Å². The van der Waals surface area contributed by atoms with Gasteiger partial charge in [0.15, 0.2) is 0 Å². The number of benzene rings is 1. The lowest BCUT2D eigenvalue weighted by atomic mass is 10.1. The average molecular weight is 196 g/mol. The Morgan fingerprint density at radius 1 is 1.57 bits per heavy atom. The molecule has 0 bridgehead atoms. The number of anilines is 1. The molecule has 0 atom stereocenters. The van der Waals surface area contributed by atoms with Gasteiger partial charge < -0.3 is 21.3 Å². The van der Waals surface area contributed by atoms with E-state index in [9.17, 15) is 4.79 Å². The largest absolute Gasteiger partial charge is 0.496 e. The Morgan fingerprint density at radius 2 is 2.21 bits per heavy atom. The fourth-order valence-electron chi connectivity index (χ4n) is 1.21. The summed E-state index contributed by atoms with van der Waals surface area (Å²) in [6, 6.07) is 3.01. The number of nitrogen functional groups attached to an aromatic ring is 1. The van der Waals surface area contributed by atoms with Crippen LogP contribution in [0.1, 0.15) is 15.9 Å². The maximum atomic E-state index is 11.0. The zero-order valence-electron chi connectivity index (χ0n) is 7.78. The Bertz CT molecular complexity index is 363. The first-order valence-electron chi connectivity index (χ1n) is 3.97. The molecule has 0 aliphatic rings. The maximum Gasteiger partial charge on any atom is 0.254 e. The van der Waals surface area contributed by atoms with Gasteiger partial charge in [-0.1, -0.05) is 0 Å². The smallest absolute Gasteiger partial charge is 0.254 e. The zero-order valence-corrected chi connectivity index (χ0v) is 7.78. The summed E-state index contributed by atoms with van der Waals surface area (Å²) in [6.07, 6.45) is 0. The van der Waals surface area contributed by atoms with Crippen LogP contribution in [0, 0.1) is 0 Å². The standard InChI is InChI=1S/C9H12N2O3/c1-14-7-3-5(4-12)2-6(10)8(7)9(11)13/h2-3,12H,4,10H2,1H3,(H2,11,13). The Balaban J connectivity index is 3.34. The van der Waals surface area contributed by atoms with Gasteiger partial charge in [0.25, 0.3) is 5.91 Å². The van der Waals surface area contributed by atoms with E-state index in [2.05, 4.69) is 0 Å². The van der Waals surface area contributed by atoms with Gasteiger partial charge in [0.05, 0.1) is 13.7 Å². The van der Waals surface area contributed by atoms with Gasteiger partial charge in [-0.3, -0.25) is 4.79 Å². The highest BCUT2D eigenvalue weighted by molar-refractivity contribution is 6.01. The predicted molar refractivity (Wildman–Crippen MR) is 51.8 cm³/mol. The molecule has 1 aromatic rings. The lowest BCUT2D eigenvalue weighted by Crippen LogP contribution is -2.15. The molecule has 0 spiro atoms. The number of carbonyl (C=O) groups is 1. The Labute approximate surface area is 81.3 Å². The van der Waals surface area contributed by atoms with Gasteiger partial charge in [0, 0.05) is 5.69 Å². The molecule has 0 aliphatic carbocycles. The molecule has 0 radical (unpaired) electrons. The molecule has 0 fully saturated rings. The quantitative estimate of drug-likeness (QED) is 0.586. The number of aliphatic hydroxyl groups excluding tert-OH is 1. The minimum atomic E-state index is -0.649. The summed E-state index contributed by atoms with van der Waals surface area (Å²) in [4.78, 5) is 11.0. The van der Waals surface area contributed by atoms with Crippen molar-refractivity contribution >= 4 is 11.6 Å². The van der Waals surface area contributed by atoms with Crippen molar-refractivity contribution in [1.82, 2.24) is 0 Å². The van der Waals surface area contributed by atoms with Gasteiger partial charge >= 0.3 is 0 Å². The molecule has 1 amide bonds. The van der Waals surface area contributed by atoms with Crippen LogP contribution in [0.5, 0.6) is 5.75 Å². The number of primary amides is 1. The molecular formula is C9H12N2O3. The summed E-state index contributed by atoms with van der Waals surface area (Å²) < 4.78 is 4.94. The van der Waals surface area contributed by atoms with E-state index >= 15 is 0 Å². The summed E-state index contributed by atoms with van der Waals surface area (Å²) >= 11 is 0. The van der Waals surface area contributed by atoms with Crippen molar-refractivity contribution in [1.29, 1.82) is 0 Å². The first-order chi connectivity index (χ1) is 6.60. The van der Waals surface area contributed by atoms with Crippen LogP contribution in [0.2, 0.25) is 0 Å². The van der Waals surface area contributed by atoms with E-state index in [0.717, 1.165) is 0 Å². The molecule has 0 aromatic heterocycles. The van der Waals surface area contributed by atoms with E-state index in [1.54, 1.807) is 0 Å². The van der Waals surface area contributed by atoms with Crippen molar-refractivity contribution in [2.45, 2.75) is 6.61 Å². The summed E-state index contributed by atoms with van der Waals surface area (Å²) in [7, 11) is 1.41. The number of carbonyl (C=O) groups excluding carboxylic acids is 1. The highest BCUT2D eigenvalue weighted by Gasteiger charge is 2.14. The number of methoxy groups -OCH3 is 1. The van der Waals surface area contributed by atoms with Crippen LogP contribution in [0.25, 0.3) is 0 Å². The van der Waals surface area contributed by atoms with E-state index in [4.69, 9.17) is 21.3 Å². The van der Waals surface area contributed by atoms with E-state index in [-0.39, 0.29) is 23.6 Å². The highest BCUT2D eigenvalue weighted by atomic mass is 16.5. The average Bonchev–Trinajstić information content (AvgIpc) is 2.15. The molecule has 0 aliphatic heterocycles. The number of ether oxygens (including phenoxy) is 1. The summed E-state index contributed by atoms with van der Waals surface area (Å²) in [5.74, 6) is -0.370. The Hall–Kier alpha value is -1.75. The number of rotatable bonds is 3. The minimum Gasteiger partial charge on any atom is -0.496 e. The van der Waals surface area contributed by atoms with Gasteiger partial charge in [-0.2, -0.15) is 0 Å². The van der Waals surface area contributed by atoms with Crippen LogP contribution in [-0.4, -0.2) is 18.1 Å². The zero-order chi connectivity index (χ0) is 10.7.